The zero-order valence-corrected chi connectivity index (χ0v) is 13.4. The van der Waals surface area contributed by atoms with E-state index >= 15 is 0 Å². The summed E-state index contributed by atoms with van der Waals surface area (Å²) in [6.45, 7) is 6.19. The molecule has 1 N–H and O–H groups in total. The molecule has 0 amide bonds. The van der Waals surface area contributed by atoms with E-state index in [0.29, 0.717) is 15.3 Å². The van der Waals surface area contributed by atoms with Crippen molar-refractivity contribution < 1.29 is 0 Å². The van der Waals surface area contributed by atoms with Gasteiger partial charge >= 0.3 is 0 Å². The molecular formula is C14H16IN3O. The van der Waals surface area contributed by atoms with Crippen molar-refractivity contribution in [1.29, 1.82) is 0 Å². The van der Waals surface area contributed by atoms with Gasteiger partial charge in [-0.15, -0.1) is 0 Å². The molecule has 2 rings (SSSR count). The lowest BCUT2D eigenvalue weighted by Gasteiger charge is -2.09. The van der Waals surface area contributed by atoms with E-state index in [9.17, 15) is 4.79 Å². The van der Waals surface area contributed by atoms with Crippen molar-refractivity contribution in [1.82, 2.24) is 15.0 Å². The molecule has 0 aliphatic rings. The van der Waals surface area contributed by atoms with Crippen LogP contribution in [-0.2, 0) is 6.42 Å². The van der Waals surface area contributed by atoms with Gasteiger partial charge in [-0.3, -0.25) is 9.78 Å². The van der Waals surface area contributed by atoms with Crippen LogP contribution in [0.3, 0.4) is 0 Å². The third kappa shape index (κ3) is 3.20. The minimum absolute atomic E-state index is 0.0914. The predicted molar refractivity (Wildman–Crippen MR) is 84.1 cm³/mol. The summed E-state index contributed by atoms with van der Waals surface area (Å²) in [4.78, 5) is 23.7. The van der Waals surface area contributed by atoms with Crippen molar-refractivity contribution in [3.63, 3.8) is 0 Å². The Labute approximate surface area is 125 Å². The molecule has 2 aromatic heterocycles. The van der Waals surface area contributed by atoms with Crippen LogP contribution in [0.25, 0.3) is 11.5 Å². The number of hydrogen-bond donors (Lipinski definition) is 1. The van der Waals surface area contributed by atoms with Crippen LogP contribution >= 0.6 is 22.6 Å². The SMILES string of the molecule is Cc1cccnc1-c1nc(CC(C)C)c(I)c(=O)[nH]1. The Hall–Kier alpha value is -1.24. The van der Waals surface area contributed by atoms with Crippen LogP contribution in [0.4, 0.5) is 0 Å². The van der Waals surface area contributed by atoms with Crippen LogP contribution in [0.1, 0.15) is 25.1 Å². The summed E-state index contributed by atoms with van der Waals surface area (Å²) in [5.74, 6) is 1.01. The molecule has 0 unspecified atom stereocenters. The maximum Gasteiger partial charge on any atom is 0.264 e. The first-order valence-corrected chi connectivity index (χ1v) is 7.27. The van der Waals surface area contributed by atoms with Crippen molar-refractivity contribution in [2.45, 2.75) is 27.2 Å². The van der Waals surface area contributed by atoms with E-state index in [1.54, 1.807) is 6.20 Å². The maximum absolute atomic E-state index is 12.0. The highest BCUT2D eigenvalue weighted by molar-refractivity contribution is 14.1. The molecular weight excluding hydrogens is 353 g/mol. The monoisotopic (exact) mass is 369 g/mol. The van der Waals surface area contributed by atoms with Crippen molar-refractivity contribution in [2.24, 2.45) is 5.92 Å². The first kappa shape index (κ1) is 14.2. The molecule has 2 heterocycles. The average Bonchev–Trinajstić information content (AvgIpc) is 2.35. The number of aryl methyl sites for hydroxylation is 1. The number of H-pyrrole nitrogens is 1. The van der Waals surface area contributed by atoms with E-state index < -0.39 is 0 Å². The largest absolute Gasteiger partial charge is 0.304 e. The summed E-state index contributed by atoms with van der Waals surface area (Å²) in [6.07, 6.45) is 2.50. The van der Waals surface area contributed by atoms with Crippen molar-refractivity contribution >= 4 is 22.6 Å². The molecule has 0 aromatic carbocycles. The van der Waals surface area contributed by atoms with E-state index in [4.69, 9.17) is 0 Å². The fourth-order valence-corrected chi connectivity index (χ4v) is 2.35. The van der Waals surface area contributed by atoms with E-state index in [1.807, 2.05) is 19.1 Å². The molecule has 100 valence electrons. The van der Waals surface area contributed by atoms with E-state index in [-0.39, 0.29) is 5.56 Å². The van der Waals surface area contributed by atoms with E-state index in [1.165, 1.54) is 0 Å². The summed E-state index contributed by atoms with van der Waals surface area (Å²) in [6, 6.07) is 3.83. The maximum atomic E-state index is 12.0. The summed E-state index contributed by atoms with van der Waals surface area (Å²) in [5, 5.41) is 0. The first-order chi connectivity index (χ1) is 8.99. The number of pyridine rings is 1. The highest BCUT2D eigenvalue weighted by Crippen LogP contribution is 2.18. The molecule has 19 heavy (non-hydrogen) atoms. The fraction of sp³-hybridized carbons (Fsp3) is 0.357. The summed E-state index contributed by atoms with van der Waals surface area (Å²) in [5.41, 5.74) is 2.49. The second-order valence-electron chi connectivity index (χ2n) is 4.94. The molecule has 2 aromatic rings. The van der Waals surface area contributed by atoms with Gasteiger partial charge in [-0.25, -0.2) is 4.98 Å². The number of aromatic amines is 1. The highest BCUT2D eigenvalue weighted by atomic mass is 127. The predicted octanol–water partition coefficient (Wildman–Crippen LogP) is 2.94. The second-order valence-corrected chi connectivity index (χ2v) is 6.02. The van der Waals surface area contributed by atoms with Crippen LogP contribution in [0.15, 0.2) is 23.1 Å². The molecule has 0 aliphatic heterocycles. The topological polar surface area (TPSA) is 58.6 Å². The molecule has 0 fully saturated rings. The Kier molecular flexibility index (Phi) is 4.34. The van der Waals surface area contributed by atoms with Gasteiger partial charge in [0.15, 0.2) is 5.82 Å². The Morgan fingerprint density at radius 3 is 2.79 bits per heavy atom. The second kappa shape index (κ2) is 5.81. The number of nitrogens with zero attached hydrogens (tertiary/aromatic N) is 2. The van der Waals surface area contributed by atoms with E-state index in [0.717, 1.165) is 23.4 Å². The van der Waals surface area contributed by atoms with E-state index in [2.05, 4.69) is 51.4 Å². The Morgan fingerprint density at radius 2 is 2.16 bits per heavy atom. The minimum Gasteiger partial charge on any atom is -0.304 e. The summed E-state index contributed by atoms with van der Waals surface area (Å²) >= 11 is 2.06. The third-order valence-corrected chi connectivity index (χ3v) is 3.88. The van der Waals surface area contributed by atoms with Crippen LogP contribution in [0.2, 0.25) is 0 Å². The van der Waals surface area contributed by atoms with Gasteiger partial charge in [0.25, 0.3) is 5.56 Å². The van der Waals surface area contributed by atoms with Crippen LogP contribution < -0.4 is 5.56 Å². The Morgan fingerprint density at radius 1 is 1.42 bits per heavy atom. The van der Waals surface area contributed by atoms with Gasteiger partial charge in [0.05, 0.1) is 9.26 Å². The lowest BCUT2D eigenvalue weighted by atomic mass is 10.1. The van der Waals surface area contributed by atoms with Crippen molar-refractivity contribution in [3.8, 4) is 11.5 Å². The fourth-order valence-electron chi connectivity index (χ4n) is 1.87. The normalized spacial score (nSPS) is 11.0. The van der Waals surface area contributed by atoms with Crippen LogP contribution in [-0.4, -0.2) is 15.0 Å². The summed E-state index contributed by atoms with van der Waals surface area (Å²) in [7, 11) is 0. The summed E-state index contributed by atoms with van der Waals surface area (Å²) < 4.78 is 0.670. The molecule has 0 spiro atoms. The molecule has 4 nitrogen and oxygen atoms in total. The van der Waals surface area contributed by atoms with Crippen molar-refractivity contribution in [2.75, 3.05) is 0 Å². The average molecular weight is 369 g/mol. The van der Waals surface area contributed by atoms with Gasteiger partial charge in [-0.05, 0) is 53.5 Å². The smallest absolute Gasteiger partial charge is 0.264 e. The standard InChI is InChI=1S/C14H16IN3O/c1-8(2)7-10-11(15)14(19)18-13(17-10)12-9(3)5-4-6-16-12/h4-6,8H,7H2,1-3H3,(H,17,18,19). The highest BCUT2D eigenvalue weighted by Gasteiger charge is 2.13. The van der Waals surface area contributed by atoms with Gasteiger partial charge in [0.2, 0.25) is 0 Å². The number of aromatic nitrogens is 3. The Bertz CT molecular complexity index is 649. The zero-order chi connectivity index (χ0) is 14.0. The third-order valence-electron chi connectivity index (χ3n) is 2.77. The van der Waals surface area contributed by atoms with Gasteiger partial charge in [0.1, 0.15) is 5.69 Å². The van der Waals surface area contributed by atoms with Gasteiger partial charge < -0.3 is 4.98 Å². The molecule has 0 atom stereocenters. The van der Waals surface area contributed by atoms with Gasteiger partial charge in [-0.1, -0.05) is 19.9 Å². The molecule has 0 bridgehead atoms. The lowest BCUT2D eigenvalue weighted by molar-refractivity contribution is 0.631. The number of hydrogen-bond acceptors (Lipinski definition) is 3. The number of rotatable bonds is 3. The van der Waals surface area contributed by atoms with Gasteiger partial charge in [-0.2, -0.15) is 0 Å². The Balaban J connectivity index is 2.57. The molecule has 0 radical (unpaired) electrons. The molecule has 0 aliphatic carbocycles. The quantitative estimate of drug-likeness (QED) is 0.847. The van der Waals surface area contributed by atoms with Crippen molar-refractivity contribution in [3.05, 3.63) is 43.5 Å². The van der Waals surface area contributed by atoms with Crippen LogP contribution in [0.5, 0.6) is 0 Å². The van der Waals surface area contributed by atoms with Gasteiger partial charge in [0, 0.05) is 6.20 Å². The molecule has 5 heteroatoms. The number of nitrogens with one attached hydrogen (secondary N) is 1. The zero-order valence-electron chi connectivity index (χ0n) is 11.2. The molecule has 0 saturated carbocycles. The van der Waals surface area contributed by atoms with Crippen LogP contribution in [0, 0.1) is 16.4 Å². The minimum atomic E-state index is -0.0914. The molecule has 0 saturated heterocycles. The lowest BCUT2D eigenvalue weighted by Crippen LogP contribution is -2.18. The number of halogens is 1. The first-order valence-electron chi connectivity index (χ1n) is 6.19.